The summed E-state index contributed by atoms with van der Waals surface area (Å²) >= 11 is 0. The molecule has 6 aromatic rings. The van der Waals surface area contributed by atoms with Crippen molar-refractivity contribution in [3.63, 3.8) is 0 Å². The molecule has 0 spiro atoms. The fourth-order valence-electron chi connectivity index (χ4n) is 4.95. The number of alkyl halides is 6. The maximum absolute atomic E-state index is 13.1. The second kappa shape index (κ2) is 15.3. The molecule has 15 heteroatoms. The largest absolute Gasteiger partial charge is 3.00 e. The molecule has 0 saturated carbocycles. The summed E-state index contributed by atoms with van der Waals surface area (Å²) in [6.07, 6.45) is -8.95. The molecule has 0 aliphatic heterocycles. The van der Waals surface area contributed by atoms with Crippen LogP contribution in [-0.2, 0) is 57.4 Å². The van der Waals surface area contributed by atoms with Crippen LogP contribution in [0.5, 0.6) is 0 Å². The standard InChI is InChI=1S/2C19H18F3N4.Ir/c2*1-18(2,3)15-10-13(14-11-16(19(20,21)22)26(4)25-14)23-17(24-15)12-8-6-5-7-9-12;/h2*5-8,10-11H,1-4H3;/q2*-1;+3. The van der Waals surface area contributed by atoms with Gasteiger partial charge in [0.1, 0.15) is 18.4 Å². The van der Waals surface area contributed by atoms with Gasteiger partial charge in [0.15, 0.2) is 0 Å². The van der Waals surface area contributed by atoms with Crippen molar-refractivity contribution in [3.05, 3.63) is 108 Å². The summed E-state index contributed by atoms with van der Waals surface area (Å²) in [5.41, 5.74) is 1.54. The Hall–Kier alpha value is -4.75. The molecule has 0 atom stereocenters. The molecule has 53 heavy (non-hydrogen) atoms. The third-order valence-corrected chi connectivity index (χ3v) is 7.75. The van der Waals surface area contributed by atoms with Gasteiger partial charge in [-0.25, -0.2) is 0 Å². The van der Waals surface area contributed by atoms with E-state index < -0.39 is 23.7 Å². The van der Waals surface area contributed by atoms with Crippen LogP contribution in [0.15, 0.2) is 72.8 Å². The number of aryl methyl sites for hydroxylation is 2. The number of benzene rings is 2. The molecule has 0 N–H and O–H groups in total. The zero-order chi connectivity index (χ0) is 38.2. The number of halogens is 6. The van der Waals surface area contributed by atoms with Crippen molar-refractivity contribution in [1.82, 2.24) is 34.8 Å². The van der Waals surface area contributed by atoms with Crippen molar-refractivity contribution in [1.29, 1.82) is 0 Å². The fraction of sp³-hybridized carbons (Fsp3) is 0.316. The Balaban J connectivity index is 0.000000232. The number of aromatic nitrogens is 8. The Labute approximate surface area is 317 Å². The third-order valence-electron chi connectivity index (χ3n) is 7.75. The topological polar surface area (TPSA) is 87.4 Å². The van der Waals surface area contributed by atoms with Crippen molar-refractivity contribution in [2.75, 3.05) is 0 Å². The quantitative estimate of drug-likeness (QED) is 0.101. The molecular formula is C38H36F6IrN8+. The van der Waals surface area contributed by atoms with Gasteiger partial charge in [-0.1, -0.05) is 47.2 Å². The van der Waals surface area contributed by atoms with Gasteiger partial charge in [-0.05, 0) is 18.2 Å². The number of rotatable bonds is 4. The van der Waals surface area contributed by atoms with E-state index in [0.29, 0.717) is 45.6 Å². The van der Waals surface area contributed by atoms with Crippen LogP contribution in [-0.4, -0.2) is 29.7 Å². The summed E-state index contributed by atoms with van der Waals surface area (Å²) < 4.78 is 80.2. The molecule has 2 aromatic carbocycles. The molecular weight excluding hydrogens is 875 g/mol. The van der Waals surface area contributed by atoms with Crippen LogP contribution in [0.2, 0.25) is 0 Å². The van der Waals surface area contributed by atoms with E-state index in [1.807, 2.05) is 77.9 Å². The molecule has 8 nitrogen and oxygen atoms in total. The van der Waals surface area contributed by atoms with E-state index in [9.17, 15) is 26.3 Å². The van der Waals surface area contributed by atoms with E-state index in [1.165, 1.54) is 14.1 Å². The van der Waals surface area contributed by atoms with Crippen LogP contribution >= 0.6 is 0 Å². The summed E-state index contributed by atoms with van der Waals surface area (Å²) in [5, 5.41) is 8.00. The van der Waals surface area contributed by atoms with Crippen LogP contribution in [0.3, 0.4) is 0 Å². The first-order valence-electron chi connectivity index (χ1n) is 16.1. The minimum Gasteiger partial charge on any atom is -0.408 e. The Morgan fingerprint density at radius 2 is 1.13 bits per heavy atom. The van der Waals surface area contributed by atoms with Gasteiger partial charge in [0, 0.05) is 41.0 Å². The number of nitrogens with zero attached hydrogens (tertiary/aromatic N) is 8. The molecule has 4 heterocycles. The van der Waals surface area contributed by atoms with Crippen molar-refractivity contribution >= 4 is 0 Å². The zero-order valence-corrected chi connectivity index (χ0v) is 32.5. The molecule has 0 amide bonds. The predicted molar refractivity (Wildman–Crippen MR) is 182 cm³/mol. The molecule has 0 aliphatic carbocycles. The summed E-state index contributed by atoms with van der Waals surface area (Å²) in [6, 6.07) is 25.9. The Bertz CT molecular complexity index is 2010. The van der Waals surface area contributed by atoms with Gasteiger partial charge < -0.3 is 5.10 Å². The van der Waals surface area contributed by atoms with Gasteiger partial charge >= 0.3 is 32.5 Å². The minimum absolute atomic E-state index is 0. The zero-order valence-electron chi connectivity index (χ0n) is 30.1. The first-order valence-corrected chi connectivity index (χ1v) is 16.1. The fourth-order valence-corrected chi connectivity index (χ4v) is 4.95. The second-order valence-corrected chi connectivity index (χ2v) is 14.0. The second-order valence-electron chi connectivity index (χ2n) is 14.0. The van der Waals surface area contributed by atoms with E-state index >= 15 is 0 Å². The smallest absolute Gasteiger partial charge is 0.408 e. The monoisotopic (exact) mass is 911 g/mol. The van der Waals surface area contributed by atoms with E-state index in [2.05, 4.69) is 42.3 Å². The van der Waals surface area contributed by atoms with Crippen LogP contribution in [0, 0.1) is 12.1 Å². The van der Waals surface area contributed by atoms with Gasteiger partial charge in [0.05, 0.1) is 17.3 Å². The average Bonchev–Trinajstić information content (AvgIpc) is 3.68. The first kappa shape index (κ1) is 41.0. The minimum atomic E-state index is -4.48. The van der Waals surface area contributed by atoms with Crippen molar-refractivity contribution in [3.8, 4) is 45.6 Å². The predicted octanol–water partition coefficient (Wildman–Crippen LogP) is 8.37. The summed E-state index contributed by atoms with van der Waals surface area (Å²) in [4.78, 5) is 18.0. The summed E-state index contributed by atoms with van der Waals surface area (Å²) in [7, 11) is 2.54. The van der Waals surface area contributed by atoms with Crippen LogP contribution in [0.25, 0.3) is 45.6 Å². The number of hydrogen-bond donors (Lipinski definition) is 0. The number of hydrogen-bond acceptors (Lipinski definition) is 5. The summed E-state index contributed by atoms with van der Waals surface area (Å²) in [5.74, 6) is 0.819. The normalized spacial score (nSPS) is 12.2. The molecule has 278 valence electrons. The van der Waals surface area contributed by atoms with E-state index in [-0.39, 0.29) is 42.3 Å². The molecule has 4 aromatic heterocycles. The molecule has 0 saturated heterocycles. The summed E-state index contributed by atoms with van der Waals surface area (Å²) in [6.45, 7) is 11.9. The van der Waals surface area contributed by atoms with Crippen molar-refractivity contribution in [2.45, 2.75) is 64.7 Å². The van der Waals surface area contributed by atoms with Crippen LogP contribution < -0.4 is 9.78 Å². The van der Waals surface area contributed by atoms with E-state index in [0.717, 1.165) is 21.5 Å². The van der Waals surface area contributed by atoms with Gasteiger partial charge in [0.2, 0.25) is 0 Å². The Kier molecular flexibility index (Phi) is 11.8. The van der Waals surface area contributed by atoms with Gasteiger partial charge in [-0.2, -0.15) is 31.4 Å². The van der Waals surface area contributed by atoms with E-state index in [1.54, 1.807) is 24.3 Å². The third kappa shape index (κ3) is 9.82. The molecule has 0 radical (unpaired) electrons. The van der Waals surface area contributed by atoms with Gasteiger partial charge in [-0.3, -0.25) is 29.3 Å². The first-order chi connectivity index (χ1) is 24.1. The Morgan fingerprint density at radius 1 is 0.642 bits per heavy atom. The molecule has 0 unspecified atom stereocenters. The van der Waals surface area contributed by atoms with E-state index in [4.69, 9.17) is 0 Å². The van der Waals surface area contributed by atoms with Gasteiger partial charge in [0.25, 0.3) is 5.69 Å². The maximum atomic E-state index is 13.1. The molecule has 0 fully saturated rings. The van der Waals surface area contributed by atoms with Crippen LogP contribution in [0.1, 0.15) is 64.3 Å². The maximum Gasteiger partial charge on any atom is 3.00 e. The van der Waals surface area contributed by atoms with Crippen molar-refractivity contribution < 1.29 is 51.1 Å². The molecule has 6 rings (SSSR count). The Morgan fingerprint density at radius 3 is 1.53 bits per heavy atom. The van der Waals surface area contributed by atoms with Crippen LogP contribution in [0.4, 0.5) is 26.3 Å². The van der Waals surface area contributed by atoms with Crippen molar-refractivity contribution in [2.24, 2.45) is 14.1 Å². The molecule has 0 bridgehead atoms. The molecule has 0 aliphatic rings. The SMILES string of the molecule is C[n+]1[n-]c(-c2cc(C(C)(C)C)nc(-c3[c-]cccc3)n2)cc1C(F)(F)F.Cn1nc(-c2cc(C(C)(C)C)nc(-c3[c-]cccc3)n2)cc1C(F)(F)F.[Ir+3]. The van der Waals surface area contributed by atoms with Gasteiger partial charge in [-0.15, -0.1) is 71.8 Å². The average molecular weight is 911 g/mol.